The number of ether oxygens (including phenoxy) is 1. The van der Waals surface area contributed by atoms with Crippen LogP contribution in [0.25, 0.3) is 0 Å². The summed E-state index contributed by atoms with van der Waals surface area (Å²) in [6.07, 6.45) is 1.04. The lowest BCUT2D eigenvalue weighted by Crippen LogP contribution is -2.57. The average molecular weight is 289 g/mol. The molecular weight excluding hydrogens is 266 g/mol. The summed E-state index contributed by atoms with van der Waals surface area (Å²) in [4.78, 5) is 14.8. The van der Waals surface area contributed by atoms with E-state index < -0.39 is 0 Å². The number of amides is 1. The highest BCUT2D eigenvalue weighted by molar-refractivity contribution is 5.89. The summed E-state index contributed by atoms with van der Waals surface area (Å²) >= 11 is 0. The van der Waals surface area contributed by atoms with Gasteiger partial charge < -0.3 is 20.3 Å². The lowest BCUT2D eigenvalue weighted by molar-refractivity contribution is -0.144. The number of carbonyl (C=O) groups excluding carboxylic acids is 1. The molecule has 2 N–H and O–H groups in total. The molecule has 114 valence electrons. The predicted octanol–water partition coefficient (Wildman–Crippen LogP) is 1.92. The van der Waals surface area contributed by atoms with E-state index in [9.17, 15) is 4.79 Å². The van der Waals surface area contributed by atoms with E-state index in [4.69, 9.17) is 4.74 Å². The fourth-order valence-corrected chi connectivity index (χ4v) is 3.02. The molecule has 3 unspecified atom stereocenters. The quantitative estimate of drug-likeness (QED) is 0.873. The Kier molecular flexibility index (Phi) is 4.01. The molecule has 0 saturated carbocycles. The summed E-state index contributed by atoms with van der Waals surface area (Å²) in [6, 6.07) is 7.97. The van der Waals surface area contributed by atoms with Crippen molar-refractivity contribution in [3.63, 3.8) is 0 Å². The molecule has 2 heterocycles. The number of hydrogen-bond acceptors (Lipinski definition) is 4. The van der Waals surface area contributed by atoms with Gasteiger partial charge in [0, 0.05) is 13.1 Å². The third-order valence-corrected chi connectivity index (χ3v) is 4.27. The van der Waals surface area contributed by atoms with Crippen LogP contribution in [0.4, 0.5) is 11.4 Å². The predicted molar refractivity (Wildman–Crippen MR) is 83.5 cm³/mol. The number of fused-ring (bicyclic) bond motifs is 1. The van der Waals surface area contributed by atoms with Crippen molar-refractivity contribution < 1.29 is 9.53 Å². The Hall–Kier alpha value is -1.75. The maximum Gasteiger partial charge on any atom is 0.247 e. The van der Waals surface area contributed by atoms with Gasteiger partial charge in [0.25, 0.3) is 0 Å². The van der Waals surface area contributed by atoms with E-state index in [1.165, 1.54) is 0 Å². The molecule has 0 radical (unpaired) electrons. The maximum atomic E-state index is 12.8. The first-order chi connectivity index (χ1) is 10.2. The summed E-state index contributed by atoms with van der Waals surface area (Å²) in [5, 5.41) is 6.69. The molecular formula is C16H23N3O2. The second-order valence-electron chi connectivity index (χ2n) is 5.82. The highest BCUT2D eigenvalue weighted by Gasteiger charge is 2.34. The topological polar surface area (TPSA) is 53.6 Å². The molecule has 1 fully saturated rings. The summed E-state index contributed by atoms with van der Waals surface area (Å²) in [7, 11) is 0. The highest BCUT2D eigenvalue weighted by atomic mass is 16.5. The number of para-hydroxylation sites is 2. The second kappa shape index (κ2) is 5.93. The van der Waals surface area contributed by atoms with Crippen molar-refractivity contribution in [1.29, 1.82) is 0 Å². The van der Waals surface area contributed by atoms with Gasteiger partial charge in [-0.05, 0) is 25.5 Å². The van der Waals surface area contributed by atoms with Gasteiger partial charge in [-0.25, -0.2) is 0 Å². The molecule has 0 bridgehead atoms. The number of hydrogen-bond donors (Lipinski definition) is 2. The van der Waals surface area contributed by atoms with Crippen LogP contribution in [-0.4, -0.2) is 48.7 Å². The standard InChI is InChI=1S/C16H23N3O2/c1-3-12-10-21-11(2)9-19(12)16(20)15-8-17-13-6-4-5-7-14(13)18-15/h4-7,11-12,15,17-18H,3,8-10H2,1-2H3. The number of anilines is 2. The third kappa shape index (κ3) is 2.83. The van der Waals surface area contributed by atoms with Crippen LogP contribution in [0.2, 0.25) is 0 Å². The van der Waals surface area contributed by atoms with Gasteiger partial charge in [-0.3, -0.25) is 4.79 Å². The van der Waals surface area contributed by atoms with Crippen molar-refractivity contribution in [2.24, 2.45) is 0 Å². The zero-order valence-electron chi connectivity index (χ0n) is 12.6. The molecule has 3 rings (SSSR count). The number of carbonyl (C=O) groups is 1. The van der Waals surface area contributed by atoms with Crippen molar-refractivity contribution >= 4 is 17.3 Å². The number of nitrogens with zero attached hydrogens (tertiary/aromatic N) is 1. The highest BCUT2D eigenvalue weighted by Crippen LogP contribution is 2.26. The second-order valence-corrected chi connectivity index (χ2v) is 5.82. The largest absolute Gasteiger partial charge is 0.381 e. The number of morpholine rings is 1. The molecule has 21 heavy (non-hydrogen) atoms. The summed E-state index contributed by atoms with van der Waals surface area (Å²) in [5.41, 5.74) is 2.06. The SMILES string of the molecule is CCC1COC(C)CN1C(=O)C1CNc2ccccc2N1. The molecule has 1 aromatic carbocycles. The van der Waals surface area contributed by atoms with Gasteiger partial charge >= 0.3 is 0 Å². The van der Waals surface area contributed by atoms with Crippen molar-refractivity contribution in [2.75, 3.05) is 30.3 Å². The van der Waals surface area contributed by atoms with Crippen LogP contribution in [0.1, 0.15) is 20.3 Å². The maximum absolute atomic E-state index is 12.8. The molecule has 0 spiro atoms. The average Bonchev–Trinajstić information content (AvgIpc) is 2.53. The van der Waals surface area contributed by atoms with Gasteiger partial charge in [-0.2, -0.15) is 0 Å². The van der Waals surface area contributed by atoms with Crippen LogP contribution < -0.4 is 10.6 Å². The third-order valence-electron chi connectivity index (χ3n) is 4.27. The zero-order valence-corrected chi connectivity index (χ0v) is 12.6. The normalized spacial score (nSPS) is 28.3. The number of rotatable bonds is 2. The van der Waals surface area contributed by atoms with Gasteiger partial charge in [-0.15, -0.1) is 0 Å². The van der Waals surface area contributed by atoms with Crippen LogP contribution in [0.3, 0.4) is 0 Å². The van der Waals surface area contributed by atoms with Crippen LogP contribution in [0.15, 0.2) is 24.3 Å². The first kappa shape index (κ1) is 14.2. The van der Waals surface area contributed by atoms with E-state index in [1.807, 2.05) is 36.1 Å². The van der Waals surface area contributed by atoms with E-state index in [0.29, 0.717) is 19.7 Å². The Morgan fingerprint density at radius 1 is 1.38 bits per heavy atom. The Morgan fingerprint density at radius 2 is 2.14 bits per heavy atom. The van der Waals surface area contributed by atoms with Crippen LogP contribution in [0.5, 0.6) is 0 Å². The van der Waals surface area contributed by atoms with Gasteiger partial charge in [-0.1, -0.05) is 19.1 Å². The van der Waals surface area contributed by atoms with E-state index in [1.54, 1.807) is 0 Å². The Bertz CT molecular complexity index is 520. The molecule has 2 aliphatic heterocycles. The minimum absolute atomic E-state index is 0.112. The van der Waals surface area contributed by atoms with Crippen LogP contribution in [-0.2, 0) is 9.53 Å². The molecule has 2 aliphatic rings. The molecule has 1 aromatic rings. The van der Waals surface area contributed by atoms with Crippen molar-refractivity contribution in [3.8, 4) is 0 Å². The number of nitrogens with one attached hydrogen (secondary N) is 2. The fraction of sp³-hybridized carbons (Fsp3) is 0.562. The monoisotopic (exact) mass is 289 g/mol. The molecule has 5 heteroatoms. The lowest BCUT2D eigenvalue weighted by Gasteiger charge is -2.41. The Labute approximate surface area is 125 Å². The van der Waals surface area contributed by atoms with Crippen molar-refractivity contribution in [2.45, 2.75) is 38.5 Å². The van der Waals surface area contributed by atoms with Gasteiger partial charge in [0.15, 0.2) is 0 Å². The fourth-order valence-electron chi connectivity index (χ4n) is 3.02. The number of benzene rings is 1. The van der Waals surface area contributed by atoms with Crippen molar-refractivity contribution in [1.82, 2.24) is 4.90 Å². The minimum Gasteiger partial charge on any atom is -0.381 e. The minimum atomic E-state index is -0.209. The smallest absolute Gasteiger partial charge is 0.247 e. The zero-order chi connectivity index (χ0) is 14.8. The van der Waals surface area contributed by atoms with E-state index in [0.717, 1.165) is 17.8 Å². The lowest BCUT2D eigenvalue weighted by atomic mass is 10.1. The molecule has 0 aromatic heterocycles. The van der Waals surface area contributed by atoms with Gasteiger partial charge in [0.05, 0.1) is 30.1 Å². The molecule has 1 saturated heterocycles. The first-order valence-corrected chi connectivity index (χ1v) is 7.70. The summed E-state index contributed by atoms with van der Waals surface area (Å²) in [5.74, 6) is 0.166. The van der Waals surface area contributed by atoms with Crippen LogP contribution >= 0.6 is 0 Å². The van der Waals surface area contributed by atoms with E-state index in [-0.39, 0.29) is 24.1 Å². The van der Waals surface area contributed by atoms with E-state index in [2.05, 4.69) is 17.6 Å². The van der Waals surface area contributed by atoms with Crippen molar-refractivity contribution in [3.05, 3.63) is 24.3 Å². The summed E-state index contributed by atoms with van der Waals surface area (Å²) < 4.78 is 5.68. The molecule has 1 amide bonds. The molecule has 5 nitrogen and oxygen atoms in total. The molecule has 0 aliphatic carbocycles. The molecule has 3 atom stereocenters. The van der Waals surface area contributed by atoms with E-state index >= 15 is 0 Å². The van der Waals surface area contributed by atoms with Crippen LogP contribution in [0, 0.1) is 0 Å². The summed E-state index contributed by atoms with van der Waals surface area (Å²) in [6.45, 7) is 6.06. The first-order valence-electron chi connectivity index (χ1n) is 7.70. The Morgan fingerprint density at radius 3 is 2.90 bits per heavy atom. The van der Waals surface area contributed by atoms with Gasteiger partial charge in [0.2, 0.25) is 5.91 Å². The Balaban J connectivity index is 1.73. The van der Waals surface area contributed by atoms with Gasteiger partial charge in [0.1, 0.15) is 6.04 Å².